The molecule has 1 aliphatic heterocycles. The molecule has 0 fully saturated rings. The third kappa shape index (κ3) is 1.76. The van der Waals surface area contributed by atoms with E-state index in [0.717, 1.165) is 34.8 Å². The molecule has 0 saturated heterocycles. The molecule has 0 unspecified atom stereocenters. The highest BCUT2D eigenvalue weighted by molar-refractivity contribution is 9.10. The minimum Gasteiger partial charge on any atom is -0.481 e. The van der Waals surface area contributed by atoms with Crippen LogP contribution < -0.4 is 0 Å². The Bertz CT molecular complexity index is 615. The zero-order valence-electron chi connectivity index (χ0n) is 9.24. The second-order valence-corrected chi connectivity index (χ2v) is 5.40. The molecule has 0 amide bonds. The summed E-state index contributed by atoms with van der Waals surface area (Å²) in [5.74, 6) is -0.773. The molecule has 0 spiro atoms. The molecule has 1 N–H and O–H groups in total. The van der Waals surface area contributed by atoms with Crippen molar-refractivity contribution in [2.45, 2.75) is 25.8 Å². The van der Waals surface area contributed by atoms with Crippen molar-refractivity contribution in [2.75, 3.05) is 0 Å². The van der Waals surface area contributed by atoms with Crippen LogP contribution in [-0.2, 0) is 24.2 Å². The van der Waals surface area contributed by atoms with Gasteiger partial charge in [0.1, 0.15) is 0 Å². The highest BCUT2D eigenvalue weighted by atomic mass is 79.9. The van der Waals surface area contributed by atoms with Crippen LogP contribution in [0.4, 0.5) is 0 Å². The van der Waals surface area contributed by atoms with Crippen LogP contribution in [0.2, 0.25) is 0 Å². The van der Waals surface area contributed by atoms with Crippen LogP contribution in [0.5, 0.6) is 0 Å². The van der Waals surface area contributed by atoms with Crippen LogP contribution in [0.15, 0.2) is 22.8 Å². The van der Waals surface area contributed by atoms with Gasteiger partial charge in [0, 0.05) is 22.6 Å². The van der Waals surface area contributed by atoms with E-state index in [0.29, 0.717) is 0 Å². The average Bonchev–Trinajstić information content (AvgIpc) is 2.57. The number of aryl methyl sites for hydroxylation is 2. The lowest BCUT2D eigenvalue weighted by atomic mass is 10.0. The van der Waals surface area contributed by atoms with Crippen LogP contribution in [0, 0.1) is 0 Å². The Morgan fingerprint density at radius 1 is 1.47 bits per heavy atom. The number of hydrogen-bond acceptors (Lipinski definition) is 1. The van der Waals surface area contributed by atoms with E-state index in [-0.39, 0.29) is 6.42 Å². The summed E-state index contributed by atoms with van der Waals surface area (Å²) in [5.41, 5.74) is 3.45. The summed E-state index contributed by atoms with van der Waals surface area (Å²) in [6, 6.07) is 4.17. The number of rotatable bonds is 2. The van der Waals surface area contributed by atoms with Gasteiger partial charge in [-0.1, -0.05) is 15.9 Å². The number of aliphatic carboxylic acids is 1. The molecule has 88 valence electrons. The van der Waals surface area contributed by atoms with Crippen LogP contribution in [0.25, 0.3) is 10.9 Å². The van der Waals surface area contributed by atoms with Gasteiger partial charge in [-0.15, -0.1) is 0 Å². The van der Waals surface area contributed by atoms with Crippen LogP contribution >= 0.6 is 15.9 Å². The molecule has 4 heteroatoms. The van der Waals surface area contributed by atoms with Gasteiger partial charge in [-0.3, -0.25) is 4.79 Å². The van der Waals surface area contributed by atoms with Gasteiger partial charge in [-0.2, -0.15) is 0 Å². The Morgan fingerprint density at radius 2 is 2.29 bits per heavy atom. The lowest BCUT2D eigenvalue weighted by Gasteiger charge is -2.15. The van der Waals surface area contributed by atoms with Crippen LogP contribution in [-0.4, -0.2) is 15.6 Å². The Hall–Kier alpha value is -1.29. The number of carbonyl (C=O) groups is 1. The van der Waals surface area contributed by atoms with E-state index in [1.54, 1.807) is 0 Å². The molecule has 0 saturated carbocycles. The number of hydrogen-bond donors (Lipinski definition) is 1. The SMILES string of the molecule is O=C(O)Cc1cn2c3c(cc(Br)cc13)CCC2. The van der Waals surface area contributed by atoms with Gasteiger partial charge in [0.2, 0.25) is 0 Å². The van der Waals surface area contributed by atoms with Gasteiger partial charge >= 0.3 is 5.97 Å². The summed E-state index contributed by atoms with van der Waals surface area (Å²) < 4.78 is 3.23. The zero-order valence-corrected chi connectivity index (χ0v) is 10.8. The number of carboxylic acids is 1. The van der Waals surface area contributed by atoms with Crippen molar-refractivity contribution in [1.29, 1.82) is 0 Å². The van der Waals surface area contributed by atoms with E-state index in [1.807, 2.05) is 12.3 Å². The number of benzene rings is 1. The van der Waals surface area contributed by atoms with Crippen molar-refractivity contribution in [2.24, 2.45) is 0 Å². The largest absolute Gasteiger partial charge is 0.481 e. The predicted octanol–water partition coefficient (Wildman–Crippen LogP) is 2.98. The van der Waals surface area contributed by atoms with Gasteiger partial charge in [0.25, 0.3) is 0 Å². The number of halogens is 1. The molecule has 17 heavy (non-hydrogen) atoms. The average molecular weight is 294 g/mol. The fourth-order valence-electron chi connectivity index (χ4n) is 2.67. The molecule has 0 atom stereocenters. The van der Waals surface area contributed by atoms with E-state index >= 15 is 0 Å². The first-order valence-corrected chi connectivity index (χ1v) is 6.46. The minimum absolute atomic E-state index is 0.0966. The highest BCUT2D eigenvalue weighted by Gasteiger charge is 2.18. The molecule has 0 aliphatic carbocycles. The van der Waals surface area contributed by atoms with Crippen molar-refractivity contribution >= 4 is 32.8 Å². The van der Waals surface area contributed by atoms with Gasteiger partial charge < -0.3 is 9.67 Å². The van der Waals surface area contributed by atoms with E-state index in [2.05, 4.69) is 26.6 Å². The van der Waals surface area contributed by atoms with Crippen molar-refractivity contribution in [3.63, 3.8) is 0 Å². The summed E-state index contributed by atoms with van der Waals surface area (Å²) >= 11 is 3.50. The molecule has 2 heterocycles. The lowest BCUT2D eigenvalue weighted by Crippen LogP contribution is -2.06. The van der Waals surface area contributed by atoms with E-state index in [4.69, 9.17) is 5.11 Å². The fourth-order valence-corrected chi connectivity index (χ4v) is 3.18. The molecule has 3 rings (SSSR count). The molecule has 0 bridgehead atoms. The highest BCUT2D eigenvalue weighted by Crippen LogP contribution is 2.32. The fraction of sp³-hybridized carbons (Fsp3) is 0.308. The first kappa shape index (κ1) is 10.8. The number of carboxylic acid groups (broad SMARTS) is 1. The second kappa shape index (κ2) is 3.88. The lowest BCUT2D eigenvalue weighted by molar-refractivity contribution is -0.136. The summed E-state index contributed by atoms with van der Waals surface area (Å²) in [6.07, 6.45) is 4.29. The van der Waals surface area contributed by atoms with Gasteiger partial charge in [0.05, 0.1) is 11.9 Å². The third-order valence-electron chi connectivity index (χ3n) is 3.29. The maximum absolute atomic E-state index is 10.9. The monoisotopic (exact) mass is 293 g/mol. The molecular formula is C13H12BrNO2. The summed E-state index contributed by atoms with van der Waals surface area (Å²) in [4.78, 5) is 10.9. The van der Waals surface area contributed by atoms with Crippen molar-refractivity contribution < 1.29 is 9.90 Å². The normalized spacial score (nSPS) is 14.2. The van der Waals surface area contributed by atoms with E-state index in [1.165, 1.54) is 11.1 Å². The topological polar surface area (TPSA) is 42.2 Å². The first-order chi connectivity index (χ1) is 8.15. The standard InChI is InChI=1S/C13H12BrNO2/c14-10-4-8-2-1-3-15-7-9(5-12(16)17)11(6-10)13(8)15/h4,6-7H,1-3,5H2,(H,16,17). The van der Waals surface area contributed by atoms with Gasteiger partial charge in [-0.25, -0.2) is 0 Å². The Kier molecular flexibility index (Phi) is 2.47. The Balaban J connectivity index is 2.29. The van der Waals surface area contributed by atoms with Gasteiger partial charge in [0.15, 0.2) is 0 Å². The molecule has 1 aromatic carbocycles. The third-order valence-corrected chi connectivity index (χ3v) is 3.74. The molecule has 1 aromatic heterocycles. The molecule has 1 aliphatic rings. The Labute approximate surface area is 107 Å². The molecular weight excluding hydrogens is 282 g/mol. The van der Waals surface area contributed by atoms with Crippen molar-refractivity contribution in [3.05, 3.63) is 33.9 Å². The van der Waals surface area contributed by atoms with E-state index in [9.17, 15) is 4.79 Å². The maximum Gasteiger partial charge on any atom is 0.307 e. The zero-order chi connectivity index (χ0) is 12.0. The predicted molar refractivity (Wildman–Crippen MR) is 69.3 cm³/mol. The summed E-state index contributed by atoms with van der Waals surface area (Å²) in [6.45, 7) is 0.991. The number of aromatic nitrogens is 1. The Morgan fingerprint density at radius 3 is 3.06 bits per heavy atom. The van der Waals surface area contributed by atoms with Gasteiger partial charge in [-0.05, 0) is 36.1 Å². The first-order valence-electron chi connectivity index (χ1n) is 5.67. The van der Waals surface area contributed by atoms with Crippen LogP contribution in [0.3, 0.4) is 0 Å². The summed E-state index contributed by atoms with van der Waals surface area (Å²) in [7, 11) is 0. The maximum atomic E-state index is 10.9. The van der Waals surface area contributed by atoms with Crippen molar-refractivity contribution in [3.8, 4) is 0 Å². The molecule has 3 nitrogen and oxygen atoms in total. The smallest absolute Gasteiger partial charge is 0.307 e. The van der Waals surface area contributed by atoms with Crippen LogP contribution in [0.1, 0.15) is 17.5 Å². The summed E-state index contributed by atoms with van der Waals surface area (Å²) in [5, 5.41) is 10.0. The van der Waals surface area contributed by atoms with Crippen molar-refractivity contribution in [1.82, 2.24) is 4.57 Å². The molecule has 0 radical (unpaired) electrons. The molecule has 2 aromatic rings. The number of nitrogens with zero attached hydrogens (tertiary/aromatic N) is 1. The quantitative estimate of drug-likeness (QED) is 0.925. The van der Waals surface area contributed by atoms with E-state index < -0.39 is 5.97 Å². The minimum atomic E-state index is -0.773. The second-order valence-electron chi connectivity index (χ2n) is 4.48.